The highest BCUT2D eigenvalue weighted by Gasteiger charge is 2.49. The van der Waals surface area contributed by atoms with Crippen LogP contribution in [0.5, 0.6) is 0 Å². The van der Waals surface area contributed by atoms with Crippen molar-refractivity contribution in [1.82, 2.24) is 30.7 Å². The number of hydrogen-bond donors (Lipinski definition) is 5. The molecule has 0 spiro atoms. The van der Waals surface area contributed by atoms with Crippen LogP contribution in [0.4, 0.5) is 23.7 Å². The van der Waals surface area contributed by atoms with Crippen LogP contribution in [-0.4, -0.2) is 143 Å². The standard InChI is InChI=1S/C42H52F3N7O10/c1-5-24-8-9-29(28(45)16-24)47-42(60)48-30(17-25-14-26(43)18-27(44)15-25)36(54)49-34-22(3)62-41(59)33-13-21(2)19-52(33)38(56)31(20-53)46-37(55)35-23(4)61-12-11-51(35)39(57)32-7-6-10-50(32)40(34)58/h8-9,14-16,18,21-23,30-35,53H,5-7,10-13,17,19-20H2,1-4H3,(H,46,55)(H,49,54)(H2,47,48,60)/t21-,22+,23-,30+,31+,32+,33+,34+,35+/m1/s1. The van der Waals surface area contributed by atoms with E-state index in [9.17, 15) is 51.8 Å². The fraction of sp³-hybridized carbons (Fsp3) is 0.548. The normalized spacial score (nSPS) is 27.7. The van der Waals surface area contributed by atoms with Crippen LogP contribution in [0.1, 0.15) is 58.1 Å². The topological polar surface area (TPSA) is 216 Å². The van der Waals surface area contributed by atoms with Gasteiger partial charge in [0.25, 0.3) is 0 Å². The average molecular weight is 872 g/mol. The van der Waals surface area contributed by atoms with Crippen molar-refractivity contribution in [2.45, 2.75) is 108 Å². The van der Waals surface area contributed by atoms with Crippen molar-refractivity contribution in [2.24, 2.45) is 5.92 Å². The van der Waals surface area contributed by atoms with Gasteiger partial charge >= 0.3 is 12.0 Å². The molecule has 4 aliphatic rings. The summed E-state index contributed by atoms with van der Waals surface area (Å²) in [5, 5.41) is 20.1. The highest BCUT2D eigenvalue weighted by atomic mass is 19.1. The molecule has 62 heavy (non-hydrogen) atoms. The zero-order valence-corrected chi connectivity index (χ0v) is 34.8. The molecule has 0 radical (unpaired) electrons. The van der Waals surface area contributed by atoms with E-state index in [1.807, 2.05) is 6.92 Å². The number of hydrogen-bond acceptors (Lipinski definition) is 10. The smallest absolute Gasteiger partial charge is 0.329 e. The Bertz CT molecular complexity index is 2060. The van der Waals surface area contributed by atoms with Gasteiger partial charge < -0.3 is 50.5 Å². The Hall–Kier alpha value is -5.76. The summed E-state index contributed by atoms with van der Waals surface area (Å²) in [6.45, 7) is 5.69. The number of nitrogens with zero attached hydrogens (tertiary/aromatic N) is 3. The van der Waals surface area contributed by atoms with Crippen molar-refractivity contribution >= 4 is 47.2 Å². The van der Waals surface area contributed by atoms with E-state index in [0.717, 1.165) is 17.0 Å². The number of ether oxygens (including phenoxy) is 2. The molecule has 5 N–H and O–H groups in total. The second-order valence-electron chi connectivity index (χ2n) is 16.3. The third-order valence-electron chi connectivity index (χ3n) is 11.7. The van der Waals surface area contributed by atoms with Crippen LogP contribution in [-0.2, 0) is 51.1 Å². The summed E-state index contributed by atoms with van der Waals surface area (Å²) in [6, 6.07) is -3.09. The van der Waals surface area contributed by atoms with Crippen LogP contribution in [0.25, 0.3) is 0 Å². The Balaban J connectivity index is 1.36. The average Bonchev–Trinajstić information content (AvgIpc) is 3.88. The van der Waals surface area contributed by atoms with E-state index in [4.69, 9.17) is 9.47 Å². The van der Waals surface area contributed by atoms with E-state index in [1.54, 1.807) is 19.9 Å². The summed E-state index contributed by atoms with van der Waals surface area (Å²) >= 11 is 0. The van der Waals surface area contributed by atoms with Crippen molar-refractivity contribution in [1.29, 1.82) is 0 Å². The zero-order valence-electron chi connectivity index (χ0n) is 34.8. The van der Waals surface area contributed by atoms with Gasteiger partial charge in [-0.25, -0.2) is 22.8 Å². The molecule has 20 heteroatoms. The first-order chi connectivity index (χ1) is 29.5. The van der Waals surface area contributed by atoms with Crippen LogP contribution < -0.4 is 21.3 Å². The van der Waals surface area contributed by atoms with E-state index >= 15 is 0 Å². The first kappa shape index (κ1) is 45.8. The van der Waals surface area contributed by atoms with Crippen molar-refractivity contribution in [3.05, 3.63) is 65.0 Å². The summed E-state index contributed by atoms with van der Waals surface area (Å²) in [5.41, 5.74) is 0.340. The van der Waals surface area contributed by atoms with Crippen molar-refractivity contribution in [2.75, 3.05) is 38.2 Å². The van der Waals surface area contributed by atoms with Gasteiger partial charge in [0.15, 0.2) is 0 Å². The monoisotopic (exact) mass is 871 g/mol. The number of halogens is 3. The second-order valence-corrected chi connectivity index (χ2v) is 16.3. The molecule has 17 nitrogen and oxygen atoms in total. The number of esters is 1. The lowest BCUT2D eigenvalue weighted by atomic mass is 10.0. The Labute approximate surface area is 356 Å². The summed E-state index contributed by atoms with van der Waals surface area (Å²) in [5.74, 6) is -8.10. The fourth-order valence-electron chi connectivity index (χ4n) is 8.57. The molecule has 0 bridgehead atoms. The van der Waals surface area contributed by atoms with Gasteiger partial charge in [-0.05, 0) is 80.8 Å². The van der Waals surface area contributed by atoms with Crippen LogP contribution in [0.2, 0.25) is 0 Å². The summed E-state index contributed by atoms with van der Waals surface area (Å²) in [7, 11) is 0. The molecule has 336 valence electrons. The van der Waals surface area contributed by atoms with Gasteiger partial charge in [-0.15, -0.1) is 0 Å². The lowest BCUT2D eigenvalue weighted by Gasteiger charge is -2.42. The van der Waals surface area contributed by atoms with Crippen LogP contribution in [0.15, 0.2) is 36.4 Å². The molecule has 0 unspecified atom stereocenters. The van der Waals surface area contributed by atoms with Crippen LogP contribution >= 0.6 is 0 Å². The number of carbonyl (C=O) groups excluding carboxylic acids is 7. The van der Waals surface area contributed by atoms with Gasteiger partial charge in [-0.2, -0.15) is 0 Å². The van der Waals surface area contributed by atoms with Gasteiger partial charge in [-0.1, -0.05) is 19.9 Å². The van der Waals surface area contributed by atoms with E-state index < -0.39 is 120 Å². The molecule has 0 saturated carbocycles. The minimum Gasteiger partial charge on any atom is -0.458 e. The fourth-order valence-corrected chi connectivity index (χ4v) is 8.57. The van der Waals surface area contributed by atoms with E-state index in [1.165, 1.54) is 28.9 Å². The van der Waals surface area contributed by atoms with E-state index in [2.05, 4.69) is 21.3 Å². The summed E-state index contributed by atoms with van der Waals surface area (Å²) < 4.78 is 55.2. The number of anilines is 1. The predicted molar refractivity (Wildman–Crippen MR) is 213 cm³/mol. The Morgan fingerprint density at radius 2 is 1.61 bits per heavy atom. The van der Waals surface area contributed by atoms with Crippen molar-refractivity contribution < 1.29 is 61.3 Å². The highest BCUT2D eigenvalue weighted by molar-refractivity contribution is 5.99. The minimum atomic E-state index is -1.75. The molecule has 4 saturated heterocycles. The van der Waals surface area contributed by atoms with Gasteiger partial charge in [0, 0.05) is 32.1 Å². The Morgan fingerprint density at radius 1 is 0.887 bits per heavy atom. The number of morpholine rings is 1. The lowest BCUT2D eigenvalue weighted by Crippen LogP contribution is -2.66. The molecule has 9 atom stereocenters. The quantitative estimate of drug-likeness (QED) is 0.239. The number of benzene rings is 2. The van der Waals surface area contributed by atoms with Crippen molar-refractivity contribution in [3.8, 4) is 0 Å². The number of aliphatic hydroxyl groups excluding tert-OH is 1. The molecule has 2 aromatic rings. The van der Waals surface area contributed by atoms with E-state index in [0.29, 0.717) is 24.5 Å². The molecule has 0 aromatic heterocycles. The maximum atomic E-state index is 14.9. The molecule has 0 aliphatic carbocycles. The number of carbonyl (C=O) groups is 7. The number of fused-ring (bicyclic) bond motifs is 3. The third-order valence-corrected chi connectivity index (χ3v) is 11.7. The summed E-state index contributed by atoms with van der Waals surface area (Å²) in [4.78, 5) is 102. The Kier molecular flexibility index (Phi) is 14.4. The number of urea groups is 1. The predicted octanol–water partition coefficient (Wildman–Crippen LogP) is 1.15. The van der Waals surface area contributed by atoms with Gasteiger partial charge in [-0.3, -0.25) is 24.0 Å². The number of aryl methyl sites for hydroxylation is 1. The molecular weight excluding hydrogens is 819 g/mol. The number of aliphatic hydroxyl groups is 1. The highest BCUT2D eigenvalue weighted by Crippen LogP contribution is 2.28. The van der Waals surface area contributed by atoms with Crippen LogP contribution in [0, 0.1) is 23.4 Å². The maximum Gasteiger partial charge on any atom is 0.329 e. The zero-order chi connectivity index (χ0) is 45.0. The number of nitrogens with one attached hydrogen (secondary N) is 4. The van der Waals surface area contributed by atoms with Gasteiger partial charge in [0.2, 0.25) is 29.5 Å². The van der Waals surface area contributed by atoms with Gasteiger partial charge in [0.1, 0.15) is 59.8 Å². The molecule has 7 amide bonds. The molecule has 4 aliphatic heterocycles. The third kappa shape index (κ3) is 10.1. The van der Waals surface area contributed by atoms with Crippen molar-refractivity contribution in [3.63, 3.8) is 0 Å². The SMILES string of the molecule is CCc1ccc(NC(=O)N[C@@H](Cc2cc(F)cc(F)c2)C(=O)N[C@@H]2C(=O)N3CCC[C@H]3C(=O)N3CCO[C@H](C)[C@H]3C(=O)N[C@@H](CO)C(=O)N3C[C@H](C)C[C@H]3C(=O)O[C@H]2C)c(F)c1. The number of amides is 7. The molecular formula is C42H52F3N7O10. The first-order valence-corrected chi connectivity index (χ1v) is 20.8. The lowest BCUT2D eigenvalue weighted by molar-refractivity contribution is -0.165. The first-order valence-electron chi connectivity index (χ1n) is 20.8. The molecule has 2 aromatic carbocycles. The summed E-state index contributed by atoms with van der Waals surface area (Å²) in [6.07, 6.45) is -1.79. The number of rotatable bonds is 8. The Morgan fingerprint density at radius 3 is 2.29 bits per heavy atom. The minimum absolute atomic E-state index is 0.0169. The van der Waals surface area contributed by atoms with Crippen LogP contribution in [0.3, 0.4) is 0 Å². The molecule has 6 rings (SSSR count). The second kappa shape index (κ2) is 19.5. The molecule has 4 fully saturated rings. The largest absolute Gasteiger partial charge is 0.458 e. The number of cyclic esters (lactones) is 1. The molecule has 4 heterocycles. The van der Waals surface area contributed by atoms with Gasteiger partial charge in [0.05, 0.1) is 25.0 Å². The maximum absolute atomic E-state index is 14.9. The van der Waals surface area contributed by atoms with E-state index in [-0.39, 0.29) is 56.3 Å².